The van der Waals surface area contributed by atoms with Crippen molar-refractivity contribution in [2.24, 2.45) is 5.92 Å². The van der Waals surface area contributed by atoms with E-state index in [1.807, 2.05) is 12.1 Å². The Labute approximate surface area is 173 Å². The number of likely N-dealkylation sites (N-methyl/N-ethyl adjacent to an activating group) is 1. The molecule has 2 heterocycles. The van der Waals surface area contributed by atoms with Crippen molar-refractivity contribution in [1.82, 2.24) is 14.8 Å². The summed E-state index contributed by atoms with van der Waals surface area (Å²) < 4.78 is 0. The van der Waals surface area contributed by atoms with Crippen molar-refractivity contribution in [3.8, 4) is 0 Å². The number of piperazine rings is 1. The van der Waals surface area contributed by atoms with Crippen LogP contribution >= 0.6 is 11.6 Å². The number of carbonyl (C=O) groups excluding carboxylic acids is 1. The Hall–Kier alpha value is -1.52. The molecule has 1 N–H and O–H groups in total. The number of halogens is 1. The van der Waals surface area contributed by atoms with Crippen molar-refractivity contribution in [3.63, 3.8) is 0 Å². The minimum Gasteiger partial charge on any atom is -0.361 e. The van der Waals surface area contributed by atoms with Crippen LogP contribution in [0.15, 0.2) is 24.4 Å². The Morgan fingerprint density at radius 1 is 1.18 bits per heavy atom. The van der Waals surface area contributed by atoms with Gasteiger partial charge in [0.1, 0.15) is 0 Å². The lowest BCUT2D eigenvalue weighted by Crippen LogP contribution is -2.48. The van der Waals surface area contributed by atoms with Crippen LogP contribution in [0.2, 0.25) is 5.02 Å². The highest BCUT2D eigenvalue weighted by atomic mass is 35.5. The topological polar surface area (TPSA) is 39.3 Å². The van der Waals surface area contributed by atoms with Crippen LogP contribution in [0.4, 0.5) is 0 Å². The summed E-state index contributed by atoms with van der Waals surface area (Å²) in [5, 5.41) is 1.95. The fourth-order valence-corrected chi connectivity index (χ4v) is 5.29. The first kappa shape index (κ1) is 19.8. The zero-order valence-corrected chi connectivity index (χ0v) is 17.7. The number of aromatic amines is 1. The van der Waals surface area contributed by atoms with E-state index in [9.17, 15) is 4.79 Å². The molecule has 0 unspecified atom stereocenters. The molecule has 0 bridgehead atoms. The number of hydrogen-bond donors (Lipinski definition) is 1. The summed E-state index contributed by atoms with van der Waals surface area (Å²) in [6, 6.07) is 6.03. The number of H-pyrrole nitrogens is 1. The summed E-state index contributed by atoms with van der Waals surface area (Å²) in [4.78, 5) is 21.1. The number of fused-ring (bicyclic) bond motifs is 1. The zero-order chi connectivity index (χ0) is 19.5. The molecule has 2 aliphatic rings. The summed E-state index contributed by atoms with van der Waals surface area (Å²) in [5.41, 5.74) is 2.40. The van der Waals surface area contributed by atoms with Crippen LogP contribution in [0.25, 0.3) is 10.9 Å². The average molecular weight is 402 g/mol. The lowest BCUT2D eigenvalue weighted by molar-refractivity contribution is -0.133. The molecular weight excluding hydrogens is 370 g/mol. The third-order valence-electron chi connectivity index (χ3n) is 6.86. The SMILES string of the molecule is CCN1CCN(C(=O)C[C@@H](c2c[nH]c3ccc(Cl)cc23)C2CCCCC2)CC1. The summed E-state index contributed by atoms with van der Waals surface area (Å²) >= 11 is 6.30. The first-order chi connectivity index (χ1) is 13.7. The second kappa shape index (κ2) is 8.87. The van der Waals surface area contributed by atoms with Crippen molar-refractivity contribution < 1.29 is 4.79 Å². The second-order valence-corrected chi connectivity index (χ2v) is 8.89. The van der Waals surface area contributed by atoms with Gasteiger partial charge in [0.05, 0.1) is 0 Å². The van der Waals surface area contributed by atoms with E-state index in [0.29, 0.717) is 18.2 Å². The Bertz CT molecular complexity index is 803. The number of nitrogens with zero attached hydrogens (tertiary/aromatic N) is 2. The second-order valence-electron chi connectivity index (χ2n) is 8.46. The molecule has 5 heteroatoms. The molecule has 0 radical (unpaired) electrons. The van der Waals surface area contributed by atoms with E-state index in [1.54, 1.807) is 0 Å². The monoisotopic (exact) mass is 401 g/mol. The maximum atomic E-state index is 13.2. The van der Waals surface area contributed by atoms with E-state index in [1.165, 1.54) is 43.1 Å². The Morgan fingerprint density at radius 3 is 2.64 bits per heavy atom. The van der Waals surface area contributed by atoms with Gasteiger partial charge in [-0.2, -0.15) is 0 Å². The Kier molecular flexibility index (Phi) is 6.27. The fraction of sp³-hybridized carbons (Fsp3) is 0.609. The summed E-state index contributed by atoms with van der Waals surface area (Å²) in [7, 11) is 0. The predicted molar refractivity (Wildman–Crippen MR) is 116 cm³/mol. The number of benzene rings is 1. The minimum absolute atomic E-state index is 0.282. The zero-order valence-electron chi connectivity index (χ0n) is 16.9. The van der Waals surface area contributed by atoms with Crippen molar-refractivity contribution in [3.05, 3.63) is 35.0 Å². The van der Waals surface area contributed by atoms with E-state index < -0.39 is 0 Å². The standard InChI is InChI=1S/C23H32ClN3O/c1-2-26-10-12-27(13-11-26)23(28)15-19(17-6-4-3-5-7-17)21-16-25-22-9-8-18(24)14-20(21)22/h8-9,14,16-17,19,25H,2-7,10-13,15H2,1H3/t19-/m1/s1. The predicted octanol–water partition coefficient (Wildman–Crippen LogP) is 5.04. The van der Waals surface area contributed by atoms with E-state index in [-0.39, 0.29) is 5.92 Å². The molecule has 1 aromatic heterocycles. The molecule has 1 saturated heterocycles. The van der Waals surface area contributed by atoms with E-state index in [2.05, 4.69) is 34.0 Å². The van der Waals surface area contributed by atoms with Crippen LogP contribution in [0.1, 0.15) is 56.9 Å². The summed E-state index contributed by atoms with van der Waals surface area (Å²) in [5.74, 6) is 1.19. The van der Waals surface area contributed by atoms with Crippen LogP contribution in [0.5, 0.6) is 0 Å². The fourth-order valence-electron chi connectivity index (χ4n) is 5.12. The first-order valence-corrected chi connectivity index (χ1v) is 11.3. The molecule has 1 aliphatic carbocycles. The van der Waals surface area contributed by atoms with Gasteiger partial charge in [-0.25, -0.2) is 0 Å². The van der Waals surface area contributed by atoms with Gasteiger partial charge in [-0.05, 0) is 55.0 Å². The average Bonchev–Trinajstić information content (AvgIpc) is 3.15. The van der Waals surface area contributed by atoms with Gasteiger partial charge in [0.15, 0.2) is 0 Å². The molecule has 152 valence electrons. The molecule has 4 rings (SSSR count). The molecule has 1 saturated carbocycles. The Morgan fingerprint density at radius 2 is 1.93 bits per heavy atom. The van der Waals surface area contributed by atoms with Gasteiger partial charge in [-0.1, -0.05) is 37.8 Å². The normalized spacial score (nSPS) is 20.6. The lowest BCUT2D eigenvalue weighted by atomic mass is 9.75. The summed E-state index contributed by atoms with van der Waals surface area (Å²) in [6.07, 6.45) is 9.11. The third kappa shape index (κ3) is 4.23. The first-order valence-electron chi connectivity index (χ1n) is 10.9. The number of nitrogens with one attached hydrogen (secondary N) is 1. The maximum absolute atomic E-state index is 13.2. The van der Waals surface area contributed by atoms with Gasteiger partial charge in [-0.15, -0.1) is 0 Å². The van der Waals surface area contributed by atoms with Gasteiger partial charge in [0.2, 0.25) is 5.91 Å². The molecule has 0 spiro atoms. The van der Waals surface area contributed by atoms with Crippen molar-refractivity contribution >= 4 is 28.4 Å². The van der Waals surface area contributed by atoms with E-state index in [4.69, 9.17) is 11.6 Å². The van der Waals surface area contributed by atoms with Crippen LogP contribution in [0.3, 0.4) is 0 Å². The van der Waals surface area contributed by atoms with Crippen molar-refractivity contribution in [1.29, 1.82) is 0 Å². The van der Waals surface area contributed by atoms with Crippen molar-refractivity contribution in [2.75, 3.05) is 32.7 Å². The number of aromatic nitrogens is 1. The highest BCUT2D eigenvalue weighted by Gasteiger charge is 2.31. The smallest absolute Gasteiger partial charge is 0.223 e. The highest BCUT2D eigenvalue weighted by Crippen LogP contribution is 2.41. The molecule has 1 atom stereocenters. The Balaban J connectivity index is 1.57. The highest BCUT2D eigenvalue weighted by molar-refractivity contribution is 6.31. The molecule has 4 nitrogen and oxygen atoms in total. The van der Waals surface area contributed by atoms with Crippen molar-refractivity contribution in [2.45, 2.75) is 51.4 Å². The molecule has 1 amide bonds. The lowest BCUT2D eigenvalue weighted by Gasteiger charge is -2.36. The largest absolute Gasteiger partial charge is 0.361 e. The van der Waals surface area contributed by atoms with Crippen LogP contribution in [0, 0.1) is 5.92 Å². The number of rotatable bonds is 5. The number of carbonyl (C=O) groups is 1. The molecule has 1 aliphatic heterocycles. The molecule has 2 fully saturated rings. The van der Waals surface area contributed by atoms with Crippen LogP contribution < -0.4 is 0 Å². The quantitative estimate of drug-likeness (QED) is 0.762. The molecule has 28 heavy (non-hydrogen) atoms. The number of amides is 1. The molecular formula is C23H32ClN3O. The van der Waals surface area contributed by atoms with Gasteiger partial charge in [-0.3, -0.25) is 4.79 Å². The summed E-state index contributed by atoms with van der Waals surface area (Å²) in [6.45, 7) is 6.99. The van der Waals surface area contributed by atoms with Gasteiger partial charge in [0, 0.05) is 54.7 Å². The number of hydrogen-bond acceptors (Lipinski definition) is 2. The van der Waals surface area contributed by atoms with E-state index in [0.717, 1.165) is 43.3 Å². The van der Waals surface area contributed by atoms with Crippen LogP contribution in [-0.4, -0.2) is 53.4 Å². The van der Waals surface area contributed by atoms with Crippen LogP contribution in [-0.2, 0) is 4.79 Å². The van der Waals surface area contributed by atoms with Gasteiger partial charge < -0.3 is 14.8 Å². The maximum Gasteiger partial charge on any atom is 0.223 e. The third-order valence-corrected chi connectivity index (χ3v) is 7.10. The minimum atomic E-state index is 0.282. The van der Waals surface area contributed by atoms with E-state index >= 15 is 0 Å². The molecule has 2 aromatic rings. The van der Waals surface area contributed by atoms with Gasteiger partial charge in [0.25, 0.3) is 0 Å². The molecule has 1 aromatic carbocycles. The van der Waals surface area contributed by atoms with Gasteiger partial charge >= 0.3 is 0 Å².